The molecule has 0 aliphatic carbocycles. The smallest absolute Gasteiger partial charge is 0.143 e. The number of unbranched alkanes of at least 4 members (excludes halogenated alkanes) is 2. The second-order valence-electron chi connectivity index (χ2n) is 4.81. The number of pyridine rings is 1. The van der Waals surface area contributed by atoms with E-state index in [4.69, 9.17) is 0 Å². The van der Waals surface area contributed by atoms with E-state index in [0.717, 1.165) is 16.8 Å². The van der Waals surface area contributed by atoms with Crippen molar-refractivity contribution in [2.45, 2.75) is 53.0 Å². The lowest BCUT2D eigenvalue weighted by Crippen LogP contribution is -2.32. The van der Waals surface area contributed by atoms with E-state index in [1.807, 2.05) is 6.20 Å². The summed E-state index contributed by atoms with van der Waals surface area (Å²) in [5.41, 5.74) is 1.19. The van der Waals surface area contributed by atoms with Crippen LogP contribution in [0.5, 0.6) is 0 Å². The molecule has 0 spiro atoms. The van der Waals surface area contributed by atoms with Crippen molar-refractivity contribution in [1.29, 1.82) is 0 Å². The third kappa shape index (κ3) is 4.30. The van der Waals surface area contributed by atoms with E-state index in [-0.39, 0.29) is 0 Å². The van der Waals surface area contributed by atoms with Crippen molar-refractivity contribution in [1.82, 2.24) is 4.98 Å². The highest BCUT2D eigenvalue weighted by Gasteiger charge is 2.14. The SMILES string of the molecule is CCCCCN(c1ncc(C)cc1Br)C(C)C. The normalized spacial score (nSPS) is 10.9. The second kappa shape index (κ2) is 7.00. The summed E-state index contributed by atoms with van der Waals surface area (Å²) in [5.74, 6) is 1.07. The molecule has 0 fully saturated rings. The fourth-order valence-electron chi connectivity index (χ4n) is 1.88. The third-order valence-electron chi connectivity index (χ3n) is 2.86. The Labute approximate surface area is 114 Å². The lowest BCUT2D eigenvalue weighted by Gasteiger charge is -2.28. The molecule has 0 N–H and O–H groups in total. The van der Waals surface area contributed by atoms with Crippen molar-refractivity contribution in [3.8, 4) is 0 Å². The molecule has 0 atom stereocenters. The van der Waals surface area contributed by atoms with E-state index in [1.165, 1.54) is 24.8 Å². The highest BCUT2D eigenvalue weighted by molar-refractivity contribution is 9.10. The van der Waals surface area contributed by atoms with Gasteiger partial charge in [0.1, 0.15) is 5.82 Å². The first-order chi connectivity index (χ1) is 8.06. The van der Waals surface area contributed by atoms with Crippen LogP contribution in [0, 0.1) is 6.92 Å². The summed E-state index contributed by atoms with van der Waals surface area (Å²) in [4.78, 5) is 6.93. The molecule has 0 aliphatic rings. The van der Waals surface area contributed by atoms with Gasteiger partial charge in [-0.05, 0) is 54.8 Å². The van der Waals surface area contributed by atoms with Gasteiger partial charge >= 0.3 is 0 Å². The Hall–Kier alpha value is -0.570. The minimum atomic E-state index is 0.485. The predicted molar refractivity (Wildman–Crippen MR) is 78.7 cm³/mol. The second-order valence-corrected chi connectivity index (χ2v) is 5.67. The molecule has 2 nitrogen and oxygen atoms in total. The quantitative estimate of drug-likeness (QED) is 0.716. The van der Waals surface area contributed by atoms with Gasteiger partial charge in [0.2, 0.25) is 0 Å². The van der Waals surface area contributed by atoms with Gasteiger partial charge in [0.25, 0.3) is 0 Å². The average Bonchev–Trinajstić information content (AvgIpc) is 2.25. The maximum absolute atomic E-state index is 4.56. The largest absolute Gasteiger partial charge is 0.353 e. The van der Waals surface area contributed by atoms with Gasteiger partial charge in [-0.2, -0.15) is 0 Å². The molecule has 1 rings (SSSR count). The topological polar surface area (TPSA) is 16.1 Å². The zero-order chi connectivity index (χ0) is 12.8. The molecule has 0 bridgehead atoms. The van der Waals surface area contributed by atoms with Crippen LogP contribution in [0.3, 0.4) is 0 Å². The van der Waals surface area contributed by atoms with E-state index in [0.29, 0.717) is 6.04 Å². The maximum Gasteiger partial charge on any atom is 0.143 e. The molecular formula is C14H23BrN2. The summed E-state index contributed by atoms with van der Waals surface area (Å²) in [5, 5.41) is 0. The number of anilines is 1. The van der Waals surface area contributed by atoms with Gasteiger partial charge in [-0.3, -0.25) is 0 Å². The molecule has 96 valence electrons. The number of rotatable bonds is 6. The molecule has 17 heavy (non-hydrogen) atoms. The van der Waals surface area contributed by atoms with Crippen LogP contribution in [0.2, 0.25) is 0 Å². The fraction of sp³-hybridized carbons (Fsp3) is 0.643. The van der Waals surface area contributed by atoms with Gasteiger partial charge in [0.15, 0.2) is 0 Å². The Kier molecular flexibility index (Phi) is 5.96. The summed E-state index contributed by atoms with van der Waals surface area (Å²) in [6, 6.07) is 2.62. The van der Waals surface area contributed by atoms with Gasteiger partial charge in [0.05, 0.1) is 4.47 Å². The molecule has 0 saturated heterocycles. The molecule has 0 unspecified atom stereocenters. The fourth-order valence-corrected chi connectivity index (χ4v) is 2.57. The number of hydrogen-bond donors (Lipinski definition) is 0. The Morgan fingerprint density at radius 1 is 1.35 bits per heavy atom. The van der Waals surface area contributed by atoms with Crippen molar-refractivity contribution in [2.75, 3.05) is 11.4 Å². The molecule has 0 radical (unpaired) electrons. The Morgan fingerprint density at radius 2 is 2.06 bits per heavy atom. The number of aromatic nitrogens is 1. The zero-order valence-corrected chi connectivity index (χ0v) is 12.9. The summed E-state index contributed by atoms with van der Waals surface area (Å²) in [7, 11) is 0. The van der Waals surface area contributed by atoms with E-state index in [2.05, 4.69) is 59.6 Å². The van der Waals surface area contributed by atoms with E-state index < -0.39 is 0 Å². The first kappa shape index (κ1) is 14.5. The summed E-state index contributed by atoms with van der Waals surface area (Å²) in [6.45, 7) is 9.83. The van der Waals surface area contributed by atoms with Gasteiger partial charge in [0, 0.05) is 18.8 Å². The summed E-state index contributed by atoms with van der Waals surface area (Å²) < 4.78 is 1.10. The highest BCUT2D eigenvalue weighted by Crippen LogP contribution is 2.26. The van der Waals surface area contributed by atoms with Crippen LogP contribution in [0.25, 0.3) is 0 Å². The van der Waals surface area contributed by atoms with Gasteiger partial charge in [-0.1, -0.05) is 19.8 Å². The van der Waals surface area contributed by atoms with Crippen LogP contribution in [0.1, 0.15) is 45.6 Å². The Balaban J connectivity index is 2.82. The van der Waals surface area contributed by atoms with E-state index >= 15 is 0 Å². The lowest BCUT2D eigenvalue weighted by molar-refractivity contribution is 0.619. The molecule has 3 heteroatoms. The molecule has 0 aromatic carbocycles. The molecular weight excluding hydrogens is 276 g/mol. The molecule has 0 aliphatic heterocycles. The van der Waals surface area contributed by atoms with E-state index in [1.54, 1.807) is 0 Å². The predicted octanol–water partition coefficient (Wildman–Crippen LogP) is 4.56. The average molecular weight is 299 g/mol. The molecule has 1 heterocycles. The number of aryl methyl sites for hydroxylation is 1. The van der Waals surface area contributed by atoms with Crippen LogP contribution in [-0.4, -0.2) is 17.6 Å². The minimum Gasteiger partial charge on any atom is -0.353 e. The lowest BCUT2D eigenvalue weighted by atomic mass is 10.2. The first-order valence-electron chi connectivity index (χ1n) is 6.45. The highest BCUT2D eigenvalue weighted by atomic mass is 79.9. The number of hydrogen-bond acceptors (Lipinski definition) is 2. The standard InChI is InChI=1S/C14H23BrN2/c1-5-6-7-8-17(11(2)3)14-13(15)9-12(4)10-16-14/h9-11H,5-8H2,1-4H3. The maximum atomic E-state index is 4.56. The monoisotopic (exact) mass is 298 g/mol. The van der Waals surface area contributed by atoms with Gasteiger partial charge in [-0.25, -0.2) is 4.98 Å². The van der Waals surface area contributed by atoms with Crippen molar-refractivity contribution >= 4 is 21.7 Å². The molecule has 0 amide bonds. The van der Waals surface area contributed by atoms with Crippen molar-refractivity contribution < 1.29 is 0 Å². The summed E-state index contributed by atoms with van der Waals surface area (Å²) in [6.07, 6.45) is 5.72. The van der Waals surface area contributed by atoms with Crippen LogP contribution >= 0.6 is 15.9 Å². The zero-order valence-electron chi connectivity index (χ0n) is 11.3. The molecule has 1 aromatic heterocycles. The van der Waals surface area contributed by atoms with Crippen LogP contribution in [0.4, 0.5) is 5.82 Å². The molecule has 1 aromatic rings. The minimum absolute atomic E-state index is 0.485. The van der Waals surface area contributed by atoms with Crippen LogP contribution < -0.4 is 4.90 Å². The molecule has 0 saturated carbocycles. The third-order valence-corrected chi connectivity index (χ3v) is 3.44. The number of nitrogens with zero attached hydrogens (tertiary/aromatic N) is 2. The first-order valence-corrected chi connectivity index (χ1v) is 7.24. The van der Waals surface area contributed by atoms with Gasteiger partial charge < -0.3 is 4.90 Å². The Morgan fingerprint density at radius 3 is 2.59 bits per heavy atom. The van der Waals surface area contributed by atoms with Crippen molar-refractivity contribution in [2.24, 2.45) is 0 Å². The van der Waals surface area contributed by atoms with Gasteiger partial charge in [-0.15, -0.1) is 0 Å². The van der Waals surface area contributed by atoms with Crippen molar-refractivity contribution in [3.05, 3.63) is 22.3 Å². The Bertz CT molecular complexity index is 350. The van der Waals surface area contributed by atoms with Crippen LogP contribution in [0.15, 0.2) is 16.7 Å². The van der Waals surface area contributed by atoms with Crippen LogP contribution in [-0.2, 0) is 0 Å². The number of halogens is 1. The van der Waals surface area contributed by atoms with E-state index in [9.17, 15) is 0 Å². The van der Waals surface area contributed by atoms with Crippen molar-refractivity contribution in [3.63, 3.8) is 0 Å². The summed E-state index contributed by atoms with van der Waals surface area (Å²) >= 11 is 3.62.